The zero-order valence-corrected chi connectivity index (χ0v) is 11.5. The van der Waals surface area contributed by atoms with E-state index >= 15 is 0 Å². The molecular formula is C14H23N3O. The monoisotopic (exact) mass is 249 g/mol. The van der Waals surface area contributed by atoms with Crippen LogP contribution in [0.25, 0.3) is 0 Å². The molecule has 0 aliphatic carbocycles. The van der Waals surface area contributed by atoms with Crippen LogP contribution in [0.15, 0.2) is 18.2 Å². The van der Waals surface area contributed by atoms with Crippen molar-refractivity contribution in [1.82, 2.24) is 4.90 Å². The normalized spacial score (nSPS) is 10.7. The van der Waals surface area contributed by atoms with Crippen LogP contribution >= 0.6 is 0 Å². The fourth-order valence-corrected chi connectivity index (χ4v) is 1.79. The van der Waals surface area contributed by atoms with Gasteiger partial charge in [-0.3, -0.25) is 9.69 Å². The van der Waals surface area contributed by atoms with Crippen molar-refractivity contribution in [3.05, 3.63) is 23.8 Å². The summed E-state index contributed by atoms with van der Waals surface area (Å²) in [6.07, 6.45) is 1.05. The Balaban J connectivity index is 2.55. The molecule has 100 valence electrons. The molecule has 0 bridgehead atoms. The Kier molecular flexibility index (Phi) is 5.65. The lowest BCUT2D eigenvalue weighted by Crippen LogP contribution is -2.33. The highest BCUT2D eigenvalue weighted by Gasteiger charge is 2.08. The summed E-state index contributed by atoms with van der Waals surface area (Å²) in [5, 5.41) is 2.87. The van der Waals surface area contributed by atoms with Gasteiger partial charge in [-0.15, -0.1) is 0 Å². The van der Waals surface area contributed by atoms with E-state index in [4.69, 9.17) is 5.73 Å². The number of nitrogens with two attached hydrogens (primary N) is 1. The van der Waals surface area contributed by atoms with Crippen molar-refractivity contribution in [2.45, 2.75) is 27.2 Å². The predicted octanol–water partition coefficient (Wildman–Crippen LogP) is 2.25. The second-order valence-electron chi connectivity index (χ2n) is 4.49. The molecule has 0 aromatic heterocycles. The number of benzene rings is 1. The summed E-state index contributed by atoms with van der Waals surface area (Å²) < 4.78 is 0. The molecule has 4 heteroatoms. The lowest BCUT2D eigenvalue weighted by molar-refractivity contribution is -0.117. The van der Waals surface area contributed by atoms with Gasteiger partial charge in [0.05, 0.1) is 6.54 Å². The molecule has 0 aliphatic rings. The van der Waals surface area contributed by atoms with Crippen LogP contribution in [-0.4, -0.2) is 30.4 Å². The molecule has 0 saturated carbocycles. The average molecular weight is 249 g/mol. The fraction of sp³-hybridized carbons (Fsp3) is 0.500. The van der Waals surface area contributed by atoms with E-state index in [9.17, 15) is 4.79 Å². The van der Waals surface area contributed by atoms with Crippen LogP contribution in [0, 0.1) is 6.92 Å². The fourth-order valence-electron chi connectivity index (χ4n) is 1.79. The molecule has 0 fully saturated rings. The topological polar surface area (TPSA) is 58.4 Å². The molecule has 1 rings (SSSR count). The van der Waals surface area contributed by atoms with E-state index in [1.807, 2.05) is 19.1 Å². The summed E-state index contributed by atoms with van der Waals surface area (Å²) >= 11 is 0. The molecule has 4 nitrogen and oxygen atoms in total. The predicted molar refractivity (Wildman–Crippen MR) is 76.6 cm³/mol. The number of nitrogens with zero attached hydrogens (tertiary/aromatic N) is 1. The molecule has 0 atom stereocenters. The Hall–Kier alpha value is -1.55. The van der Waals surface area contributed by atoms with Gasteiger partial charge in [-0.1, -0.05) is 19.9 Å². The maximum atomic E-state index is 11.9. The first-order valence-electron chi connectivity index (χ1n) is 6.45. The van der Waals surface area contributed by atoms with E-state index in [1.165, 1.54) is 0 Å². The molecule has 3 N–H and O–H groups in total. The van der Waals surface area contributed by atoms with Crippen molar-refractivity contribution in [2.24, 2.45) is 0 Å². The molecule has 1 amide bonds. The number of anilines is 2. The summed E-state index contributed by atoms with van der Waals surface area (Å²) in [6.45, 7) is 8.38. The van der Waals surface area contributed by atoms with Crippen LogP contribution < -0.4 is 11.1 Å². The minimum absolute atomic E-state index is 0.00792. The third-order valence-corrected chi connectivity index (χ3v) is 2.92. The Labute approximate surface area is 109 Å². The number of carbonyl (C=O) groups is 1. The van der Waals surface area contributed by atoms with Gasteiger partial charge in [-0.05, 0) is 44.1 Å². The highest BCUT2D eigenvalue weighted by Crippen LogP contribution is 2.16. The van der Waals surface area contributed by atoms with Gasteiger partial charge in [0.2, 0.25) is 5.91 Å². The van der Waals surface area contributed by atoms with Crippen LogP contribution in [0.2, 0.25) is 0 Å². The first kappa shape index (κ1) is 14.5. The number of nitrogen functional groups attached to an aromatic ring is 1. The second kappa shape index (κ2) is 7.01. The van der Waals surface area contributed by atoms with Gasteiger partial charge in [0.25, 0.3) is 0 Å². The number of likely N-dealkylation sites (N-methyl/N-ethyl adjacent to an activating group) is 1. The smallest absolute Gasteiger partial charge is 0.238 e. The Bertz CT molecular complexity index is 404. The van der Waals surface area contributed by atoms with Gasteiger partial charge < -0.3 is 11.1 Å². The van der Waals surface area contributed by atoms with E-state index in [0.29, 0.717) is 12.2 Å². The number of rotatable bonds is 6. The number of aryl methyl sites for hydroxylation is 1. The second-order valence-corrected chi connectivity index (χ2v) is 4.49. The first-order valence-corrected chi connectivity index (χ1v) is 6.45. The molecule has 1 aromatic rings. The molecular weight excluding hydrogens is 226 g/mol. The molecule has 0 unspecified atom stereocenters. The number of amides is 1. The van der Waals surface area contributed by atoms with E-state index in [-0.39, 0.29) is 5.91 Å². The van der Waals surface area contributed by atoms with Crippen LogP contribution in [0.1, 0.15) is 25.8 Å². The summed E-state index contributed by atoms with van der Waals surface area (Å²) in [4.78, 5) is 14.0. The van der Waals surface area contributed by atoms with Crippen LogP contribution in [0.5, 0.6) is 0 Å². The van der Waals surface area contributed by atoms with Crippen molar-refractivity contribution >= 4 is 17.3 Å². The SMILES string of the molecule is CCCN(CC)CC(=O)Nc1ccc(C)c(N)c1. The minimum Gasteiger partial charge on any atom is -0.398 e. The van der Waals surface area contributed by atoms with Crippen LogP contribution in [-0.2, 0) is 4.79 Å². The van der Waals surface area contributed by atoms with Gasteiger partial charge in [0.1, 0.15) is 0 Å². The van der Waals surface area contributed by atoms with E-state index in [0.717, 1.165) is 30.8 Å². The lowest BCUT2D eigenvalue weighted by atomic mass is 10.2. The number of hydrogen-bond donors (Lipinski definition) is 2. The van der Waals surface area contributed by atoms with Crippen molar-refractivity contribution in [2.75, 3.05) is 30.7 Å². The lowest BCUT2D eigenvalue weighted by Gasteiger charge is -2.18. The number of hydrogen-bond acceptors (Lipinski definition) is 3. The largest absolute Gasteiger partial charge is 0.398 e. The Morgan fingerprint density at radius 3 is 2.67 bits per heavy atom. The Morgan fingerprint density at radius 2 is 2.11 bits per heavy atom. The van der Waals surface area contributed by atoms with Crippen molar-refractivity contribution in [1.29, 1.82) is 0 Å². The van der Waals surface area contributed by atoms with Gasteiger partial charge in [-0.25, -0.2) is 0 Å². The van der Waals surface area contributed by atoms with Gasteiger partial charge in [0.15, 0.2) is 0 Å². The molecule has 0 aliphatic heterocycles. The summed E-state index contributed by atoms with van der Waals surface area (Å²) in [5.41, 5.74) is 8.29. The molecule has 0 radical (unpaired) electrons. The minimum atomic E-state index is 0.00792. The highest BCUT2D eigenvalue weighted by atomic mass is 16.2. The van der Waals surface area contributed by atoms with E-state index in [2.05, 4.69) is 24.1 Å². The zero-order valence-electron chi connectivity index (χ0n) is 11.5. The third-order valence-electron chi connectivity index (χ3n) is 2.92. The maximum absolute atomic E-state index is 11.9. The molecule has 0 saturated heterocycles. The third kappa shape index (κ3) is 4.37. The average Bonchev–Trinajstić information content (AvgIpc) is 2.33. The zero-order chi connectivity index (χ0) is 13.5. The first-order chi connectivity index (χ1) is 8.56. The van der Waals surface area contributed by atoms with E-state index in [1.54, 1.807) is 6.07 Å². The number of carbonyl (C=O) groups excluding carboxylic acids is 1. The maximum Gasteiger partial charge on any atom is 0.238 e. The summed E-state index contributed by atoms with van der Waals surface area (Å²) in [5.74, 6) is 0.00792. The van der Waals surface area contributed by atoms with Gasteiger partial charge in [-0.2, -0.15) is 0 Å². The van der Waals surface area contributed by atoms with Crippen molar-refractivity contribution < 1.29 is 4.79 Å². The molecule has 0 spiro atoms. The quantitative estimate of drug-likeness (QED) is 0.760. The Morgan fingerprint density at radius 1 is 1.39 bits per heavy atom. The van der Waals surface area contributed by atoms with Crippen LogP contribution in [0.3, 0.4) is 0 Å². The van der Waals surface area contributed by atoms with Gasteiger partial charge >= 0.3 is 0 Å². The van der Waals surface area contributed by atoms with E-state index < -0.39 is 0 Å². The van der Waals surface area contributed by atoms with Crippen molar-refractivity contribution in [3.8, 4) is 0 Å². The standard InChI is InChI=1S/C14H23N3O/c1-4-8-17(5-2)10-14(18)16-12-7-6-11(3)13(15)9-12/h6-7,9H,4-5,8,10,15H2,1-3H3,(H,16,18). The van der Waals surface area contributed by atoms with Crippen LogP contribution in [0.4, 0.5) is 11.4 Å². The number of nitrogens with one attached hydrogen (secondary N) is 1. The molecule has 0 heterocycles. The summed E-state index contributed by atoms with van der Waals surface area (Å²) in [6, 6.07) is 5.58. The summed E-state index contributed by atoms with van der Waals surface area (Å²) in [7, 11) is 0. The molecule has 1 aromatic carbocycles. The molecule has 18 heavy (non-hydrogen) atoms. The highest BCUT2D eigenvalue weighted by molar-refractivity contribution is 5.92. The van der Waals surface area contributed by atoms with Crippen molar-refractivity contribution in [3.63, 3.8) is 0 Å². The van der Waals surface area contributed by atoms with Gasteiger partial charge in [0, 0.05) is 11.4 Å².